The fraction of sp³-hybridized carbons (Fsp3) is 0.714. The summed E-state index contributed by atoms with van der Waals surface area (Å²) in [5, 5.41) is 11.4. The number of hydrogen-bond acceptors (Lipinski definition) is 8. The van der Waals surface area contributed by atoms with Crippen molar-refractivity contribution in [2.45, 2.75) is 38.9 Å². The van der Waals surface area contributed by atoms with Crippen LogP contribution in [0.3, 0.4) is 0 Å². The van der Waals surface area contributed by atoms with Crippen LogP contribution in [0.5, 0.6) is 0 Å². The lowest BCUT2D eigenvalue weighted by Gasteiger charge is -2.35. The van der Waals surface area contributed by atoms with Crippen LogP contribution >= 0.6 is 0 Å². The lowest BCUT2D eigenvalue weighted by Crippen LogP contribution is -2.46. The molecule has 0 saturated carbocycles. The normalized spacial score (nSPS) is 25.0. The smallest absolute Gasteiger partial charge is 0.353 e. The summed E-state index contributed by atoms with van der Waals surface area (Å²) in [5.74, 6) is 0.701. The molecule has 2 N–H and O–H groups in total. The van der Waals surface area contributed by atoms with Crippen LogP contribution in [-0.2, 0) is 4.74 Å². The topological polar surface area (TPSA) is 111 Å². The van der Waals surface area contributed by atoms with Gasteiger partial charge in [0.1, 0.15) is 0 Å². The maximum absolute atomic E-state index is 11.4. The van der Waals surface area contributed by atoms with E-state index in [-0.39, 0.29) is 23.7 Å². The van der Waals surface area contributed by atoms with Crippen LogP contribution in [0.1, 0.15) is 26.7 Å². The lowest BCUT2D eigenvalue weighted by atomic mass is 10.2. The fourth-order valence-corrected chi connectivity index (χ4v) is 3.26. The Kier molecular flexibility index (Phi) is 4.20. The van der Waals surface area contributed by atoms with Crippen LogP contribution < -0.4 is 15.5 Å². The number of morpholine rings is 1. The third-order valence-corrected chi connectivity index (χ3v) is 4.17. The number of ether oxygens (including phenoxy) is 1. The third kappa shape index (κ3) is 3.14. The summed E-state index contributed by atoms with van der Waals surface area (Å²) >= 11 is 0. The van der Waals surface area contributed by atoms with Gasteiger partial charge in [0, 0.05) is 26.2 Å². The van der Waals surface area contributed by atoms with Gasteiger partial charge in [-0.15, -0.1) is 0 Å². The van der Waals surface area contributed by atoms with Crippen LogP contribution in [0.4, 0.5) is 23.3 Å². The van der Waals surface area contributed by atoms with Gasteiger partial charge >= 0.3 is 5.69 Å². The summed E-state index contributed by atoms with van der Waals surface area (Å²) in [7, 11) is 0. The highest BCUT2D eigenvalue weighted by Gasteiger charge is 2.31. The second-order valence-electron chi connectivity index (χ2n) is 6.19. The number of nitrogens with two attached hydrogens (primary N) is 1. The van der Waals surface area contributed by atoms with Crippen molar-refractivity contribution in [3.63, 3.8) is 0 Å². The van der Waals surface area contributed by atoms with Crippen LogP contribution in [-0.4, -0.2) is 53.3 Å². The Morgan fingerprint density at radius 1 is 1.17 bits per heavy atom. The van der Waals surface area contributed by atoms with Gasteiger partial charge in [-0.2, -0.15) is 9.97 Å². The molecule has 2 fully saturated rings. The highest BCUT2D eigenvalue weighted by molar-refractivity contribution is 5.71. The number of hydrogen-bond donors (Lipinski definition) is 1. The van der Waals surface area contributed by atoms with E-state index in [2.05, 4.69) is 9.97 Å². The van der Waals surface area contributed by atoms with Crippen molar-refractivity contribution >= 4 is 23.3 Å². The number of nitrogens with zero attached hydrogens (tertiary/aromatic N) is 5. The largest absolute Gasteiger partial charge is 0.378 e. The van der Waals surface area contributed by atoms with Crippen LogP contribution in [0.25, 0.3) is 0 Å². The van der Waals surface area contributed by atoms with Crippen molar-refractivity contribution in [1.82, 2.24) is 9.97 Å². The zero-order valence-corrected chi connectivity index (χ0v) is 13.4. The Balaban J connectivity index is 2.00. The third-order valence-electron chi connectivity index (χ3n) is 4.17. The molecule has 0 bridgehead atoms. The predicted molar refractivity (Wildman–Crippen MR) is 86.8 cm³/mol. The van der Waals surface area contributed by atoms with E-state index in [4.69, 9.17) is 10.5 Å². The van der Waals surface area contributed by atoms with Gasteiger partial charge in [-0.3, -0.25) is 10.1 Å². The maximum Gasteiger partial charge on any atom is 0.353 e. The summed E-state index contributed by atoms with van der Waals surface area (Å²) in [4.78, 5) is 23.5. The monoisotopic (exact) mass is 322 g/mol. The number of aromatic nitrogens is 2. The molecule has 0 amide bonds. The van der Waals surface area contributed by atoms with Crippen LogP contribution in [0.2, 0.25) is 0 Å². The Labute approximate surface area is 134 Å². The molecule has 0 aromatic carbocycles. The fourth-order valence-electron chi connectivity index (χ4n) is 3.26. The highest BCUT2D eigenvalue weighted by atomic mass is 16.6. The van der Waals surface area contributed by atoms with Crippen molar-refractivity contribution in [3.8, 4) is 0 Å². The molecular formula is C14H22N6O3. The molecule has 3 rings (SSSR count). The number of rotatable bonds is 3. The maximum atomic E-state index is 11.4. The summed E-state index contributed by atoms with van der Waals surface area (Å²) in [6.07, 6.45) is 2.10. The van der Waals surface area contributed by atoms with E-state index in [1.165, 1.54) is 0 Å². The summed E-state index contributed by atoms with van der Waals surface area (Å²) in [6.45, 7) is 6.76. The molecule has 2 aliphatic heterocycles. The second kappa shape index (κ2) is 6.15. The minimum atomic E-state index is -0.489. The van der Waals surface area contributed by atoms with Crippen LogP contribution in [0, 0.1) is 10.1 Å². The zero-order valence-electron chi connectivity index (χ0n) is 13.4. The van der Waals surface area contributed by atoms with E-state index in [0.29, 0.717) is 24.9 Å². The van der Waals surface area contributed by atoms with Gasteiger partial charge in [0.2, 0.25) is 17.6 Å². The summed E-state index contributed by atoms with van der Waals surface area (Å²) in [6, 6.07) is 0. The molecule has 9 heteroatoms. The van der Waals surface area contributed by atoms with Gasteiger partial charge in [0.25, 0.3) is 0 Å². The summed E-state index contributed by atoms with van der Waals surface area (Å²) in [5.41, 5.74) is 5.70. The zero-order chi connectivity index (χ0) is 16.6. The molecule has 1 aromatic rings. The molecule has 2 atom stereocenters. The molecule has 2 aliphatic rings. The molecule has 0 aliphatic carbocycles. The highest BCUT2D eigenvalue weighted by Crippen LogP contribution is 2.35. The van der Waals surface area contributed by atoms with Gasteiger partial charge < -0.3 is 20.3 Å². The van der Waals surface area contributed by atoms with Gasteiger partial charge in [0.15, 0.2) is 0 Å². The van der Waals surface area contributed by atoms with E-state index >= 15 is 0 Å². The van der Waals surface area contributed by atoms with Crippen molar-refractivity contribution < 1.29 is 9.66 Å². The molecule has 23 heavy (non-hydrogen) atoms. The van der Waals surface area contributed by atoms with Crippen molar-refractivity contribution in [2.24, 2.45) is 0 Å². The minimum Gasteiger partial charge on any atom is -0.378 e. The Morgan fingerprint density at radius 2 is 1.78 bits per heavy atom. The standard InChI is InChI=1S/C14H22N6O3/c1-9-7-19(8-10(2)23-9)14-16-12(15)11(20(21)22)13(17-14)18-5-3-4-6-18/h9-10H,3-8H2,1-2H3,(H2,15,16,17)/t9-,10+. The molecule has 9 nitrogen and oxygen atoms in total. The predicted octanol–water partition coefficient (Wildman–Crippen LogP) is 1.18. The van der Waals surface area contributed by atoms with E-state index in [9.17, 15) is 10.1 Å². The number of anilines is 3. The summed E-state index contributed by atoms with van der Waals surface area (Å²) < 4.78 is 5.71. The first-order chi connectivity index (χ1) is 11.0. The average Bonchev–Trinajstić information content (AvgIpc) is 2.98. The molecule has 0 radical (unpaired) electrons. The Hall–Kier alpha value is -2.16. The van der Waals surface area contributed by atoms with Gasteiger partial charge in [-0.05, 0) is 26.7 Å². The Morgan fingerprint density at radius 3 is 2.35 bits per heavy atom. The van der Waals surface area contributed by atoms with Crippen molar-refractivity contribution in [3.05, 3.63) is 10.1 Å². The first-order valence-corrected chi connectivity index (χ1v) is 7.93. The molecular weight excluding hydrogens is 300 g/mol. The lowest BCUT2D eigenvalue weighted by molar-refractivity contribution is -0.383. The number of nitrogen functional groups attached to an aromatic ring is 1. The first-order valence-electron chi connectivity index (χ1n) is 7.93. The van der Waals surface area contributed by atoms with E-state index in [1.54, 1.807) is 0 Å². The molecule has 2 saturated heterocycles. The van der Waals surface area contributed by atoms with E-state index in [1.807, 2.05) is 23.6 Å². The average molecular weight is 322 g/mol. The van der Waals surface area contributed by atoms with Crippen molar-refractivity contribution in [2.75, 3.05) is 41.7 Å². The SMILES string of the molecule is C[C@@H]1CN(c2nc(N)c([N+](=O)[O-])c(N3CCCC3)n2)C[C@H](C)O1. The number of nitro groups is 1. The minimum absolute atomic E-state index is 0.0500. The van der Waals surface area contributed by atoms with E-state index in [0.717, 1.165) is 25.9 Å². The first kappa shape index (κ1) is 15.7. The molecule has 0 unspecified atom stereocenters. The molecule has 0 spiro atoms. The molecule has 1 aromatic heterocycles. The van der Waals surface area contributed by atoms with Crippen molar-refractivity contribution in [1.29, 1.82) is 0 Å². The quantitative estimate of drug-likeness (QED) is 0.652. The second-order valence-corrected chi connectivity index (χ2v) is 6.19. The molecule has 3 heterocycles. The molecule has 126 valence electrons. The van der Waals surface area contributed by atoms with E-state index < -0.39 is 4.92 Å². The Bertz CT molecular complexity index is 594. The van der Waals surface area contributed by atoms with Gasteiger partial charge in [-0.25, -0.2) is 0 Å². The van der Waals surface area contributed by atoms with Gasteiger partial charge in [-0.1, -0.05) is 0 Å². The van der Waals surface area contributed by atoms with Gasteiger partial charge in [0.05, 0.1) is 17.1 Å². The van der Waals surface area contributed by atoms with Crippen LogP contribution in [0.15, 0.2) is 0 Å².